The van der Waals surface area contributed by atoms with E-state index in [-0.39, 0.29) is 17.0 Å². The Kier molecular flexibility index (Phi) is 2.56. The average molecular weight is 325 g/mol. The highest BCUT2D eigenvalue weighted by molar-refractivity contribution is 6.30. The first kappa shape index (κ1) is 14.0. The van der Waals surface area contributed by atoms with Gasteiger partial charge in [0.2, 0.25) is 0 Å². The van der Waals surface area contributed by atoms with Crippen LogP contribution < -0.4 is 0 Å². The molecule has 114 valence electrons. The van der Waals surface area contributed by atoms with Gasteiger partial charge < -0.3 is 0 Å². The number of aliphatic imine (C=N–C) groups is 1. The lowest BCUT2D eigenvalue weighted by molar-refractivity contribution is -0.138. The second-order valence-electron chi connectivity index (χ2n) is 6.08. The molecule has 1 aliphatic heterocycles. The monoisotopic (exact) mass is 324 g/mol. The van der Waals surface area contributed by atoms with Gasteiger partial charge in [0, 0.05) is 34.4 Å². The third-order valence-electron chi connectivity index (χ3n) is 4.74. The maximum absolute atomic E-state index is 12.8. The van der Waals surface area contributed by atoms with Crippen LogP contribution in [0.4, 0.5) is 13.2 Å². The van der Waals surface area contributed by atoms with E-state index in [0.717, 1.165) is 11.8 Å². The molecule has 0 N–H and O–H groups in total. The van der Waals surface area contributed by atoms with Gasteiger partial charge in [0.05, 0.1) is 5.56 Å². The van der Waals surface area contributed by atoms with E-state index < -0.39 is 11.7 Å². The van der Waals surface area contributed by atoms with Crippen molar-refractivity contribution in [3.05, 3.63) is 52.0 Å². The topological polar surface area (TPSA) is 25.2 Å². The van der Waals surface area contributed by atoms with Crippen LogP contribution in [0.15, 0.2) is 40.0 Å². The van der Waals surface area contributed by atoms with E-state index in [9.17, 15) is 13.2 Å². The fourth-order valence-electron chi connectivity index (χ4n) is 3.69. The van der Waals surface area contributed by atoms with Crippen molar-refractivity contribution in [2.75, 3.05) is 0 Å². The molecule has 2 heterocycles. The number of nitrogens with zero attached hydrogens (tertiary/aromatic N) is 2. The quantitative estimate of drug-likeness (QED) is 0.693. The van der Waals surface area contributed by atoms with Crippen molar-refractivity contribution in [3.8, 4) is 0 Å². The van der Waals surface area contributed by atoms with Crippen molar-refractivity contribution in [2.45, 2.75) is 25.9 Å². The molecule has 22 heavy (non-hydrogen) atoms. The predicted octanol–water partition coefficient (Wildman–Crippen LogP) is 4.60. The molecule has 3 aliphatic rings. The number of pyridine rings is 1. The summed E-state index contributed by atoms with van der Waals surface area (Å²) in [6.45, 7) is 3.29. The number of hydrogen-bond donors (Lipinski definition) is 0. The van der Waals surface area contributed by atoms with Gasteiger partial charge in [-0.25, -0.2) is 4.99 Å². The zero-order valence-electron chi connectivity index (χ0n) is 11.9. The second kappa shape index (κ2) is 4.02. The zero-order valence-corrected chi connectivity index (χ0v) is 12.6. The predicted molar refractivity (Wildman–Crippen MR) is 77.8 cm³/mol. The zero-order chi connectivity index (χ0) is 15.9. The lowest BCUT2D eigenvalue weighted by atomic mass is 9.96. The first-order valence-electron chi connectivity index (χ1n) is 6.95. The number of aryl methyl sites for hydroxylation is 1. The van der Waals surface area contributed by atoms with Gasteiger partial charge in [0.25, 0.3) is 0 Å². The molecular weight excluding hydrogens is 313 g/mol. The molecule has 0 amide bonds. The minimum Gasteiger partial charge on any atom is -0.257 e. The number of halogens is 4. The second-order valence-corrected chi connectivity index (χ2v) is 6.46. The summed E-state index contributed by atoms with van der Waals surface area (Å²) in [4.78, 5) is 8.40. The summed E-state index contributed by atoms with van der Waals surface area (Å²) in [5, 5.41) is 0.442. The number of fused-ring (bicyclic) bond motifs is 1. The highest BCUT2D eigenvalue weighted by Gasteiger charge is 2.83. The average Bonchev–Trinajstić information content (AvgIpc) is 3.20. The maximum atomic E-state index is 12.8. The van der Waals surface area contributed by atoms with Crippen LogP contribution in [0.5, 0.6) is 0 Å². The molecule has 1 aromatic heterocycles. The van der Waals surface area contributed by atoms with Crippen LogP contribution >= 0.6 is 11.6 Å². The maximum Gasteiger partial charge on any atom is 0.418 e. The molecule has 2 fully saturated rings. The standard InChI is InChI=1S/C16H12ClF3N2/c1-7-5-10-13-14(15(10,13)6-12(17)21-7)11-4-3-9(8(2)22-11)16(18,19)20/h3-6,13-14H,1-2H3. The smallest absolute Gasteiger partial charge is 0.257 e. The molecule has 0 radical (unpaired) electrons. The van der Waals surface area contributed by atoms with Gasteiger partial charge in [-0.1, -0.05) is 17.2 Å². The molecule has 1 spiro atoms. The van der Waals surface area contributed by atoms with E-state index in [1.54, 1.807) is 0 Å². The number of alkyl halides is 3. The molecule has 2 saturated carbocycles. The van der Waals surface area contributed by atoms with Gasteiger partial charge in [-0.05, 0) is 38.1 Å². The molecular formula is C16H12ClF3N2. The van der Waals surface area contributed by atoms with Crippen molar-refractivity contribution in [1.82, 2.24) is 4.98 Å². The molecule has 3 atom stereocenters. The van der Waals surface area contributed by atoms with E-state index in [1.807, 2.05) is 19.1 Å². The lowest BCUT2D eigenvalue weighted by Crippen LogP contribution is -2.11. The van der Waals surface area contributed by atoms with Crippen LogP contribution in [-0.2, 0) is 6.18 Å². The SMILES string of the molecule is CC1=NC(Cl)=CC23C(=C1)C2C3c1ccc(C(F)(F)F)c(C)n1. The highest BCUT2D eigenvalue weighted by Crippen LogP contribution is 2.88. The fraction of sp³-hybridized carbons (Fsp3) is 0.375. The third-order valence-corrected chi connectivity index (χ3v) is 4.94. The van der Waals surface area contributed by atoms with Gasteiger partial charge in [0.1, 0.15) is 5.16 Å². The molecule has 0 aromatic carbocycles. The van der Waals surface area contributed by atoms with E-state index >= 15 is 0 Å². The number of allylic oxidation sites excluding steroid dienone is 3. The van der Waals surface area contributed by atoms with E-state index in [4.69, 9.17) is 11.6 Å². The Morgan fingerprint density at radius 1 is 1.18 bits per heavy atom. The van der Waals surface area contributed by atoms with Crippen molar-refractivity contribution < 1.29 is 13.2 Å². The molecule has 4 rings (SSSR count). The van der Waals surface area contributed by atoms with Gasteiger partial charge in [0.15, 0.2) is 0 Å². The molecule has 0 bridgehead atoms. The molecule has 2 nitrogen and oxygen atoms in total. The summed E-state index contributed by atoms with van der Waals surface area (Å²) in [5.74, 6) is 0.435. The number of hydrogen-bond acceptors (Lipinski definition) is 2. The Bertz CT molecular complexity index is 791. The fourth-order valence-corrected chi connectivity index (χ4v) is 4.00. The van der Waals surface area contributed by atoms with Crippen LogP contribution in [0, 0.1) is 18.3 Å². The Morgan fingerprint density at radius 2 is 1.91 bits per heavy atom. The van der Waals surface area contributed by atoms with Gasteiger partial charge in [-0.15, -0.1) is 0 Å². The van der Waals surface area contributed by atoms with E-state index in [1.165, 1.54) is 18.6 Å². The minimum atomic E-state index is -4.36. The molecule has 3 unspecified atom stereocenters. The Hall–Kier alpha value is -1.62. The Labute approximate surface area is 130 Å². The van der Waals surface area contributed by atoms with Crippen LogP contribution in [0.25, 0.3) is 0 Å². The summed E-state index contributed by atoms with van der Waals surface area (Å²) in [6.07, 6.45) is -0.424. The largest absolute Gasteiger partial charge is 0.418 e. The molecule has 0 saturated heterocycles. The van der Waals surface area contributed by atoms with Crippen LogP contribution in [0.3, 0.4) is 0 Å². The Morgan fingerprint density at radius 3 is 2.55 bits per heavy atom. The summed E-state index contributed by atoms with van der Waals surface area (Å²) in [5.41, 5.74) is 2.01. The van der Waals surface area contributed by atoms with Crippen molar-refractivity contribution in [2.24, 2.45) is 16.3 Å². The van der Waals surface area contributed by atoms with Crippen LogP contribution in [-0.4, -0.2) is 10.7 Å². The lowest BCUT2D eigenvalue weighted by Gasteiger charge is -2.14. The third kappa shape index (κ3) is 1.75. The van der Waals surface area contributed by atoms with Crippen molar-refractivity contribution in [3.63, 3.8) is 0 Å². The first-order valence-corrected chi connectivity index (χ1v) is 7.33. The summed E-state index contributed by atoms with van der Waals surface area (Å²) >= 11 is 6.09. The Balaban J connectivity index is 1.67. The minimum absolute atomic E-state index is 0.0226. The molecule has 1 aromatic rings. The van der Waals surface area contributed by atoms with Crippen LogP contribution in [0.1, 0.15) is 29.8 Å². The van der Waals surface area contributed by atoms with Crippen molar-refractivity contribution in [1.29, 1.82) is 0 Å². The highest BCUT2D eigenvalue weighted by atomic mass is 35.5. The van der Waals surface area contributed by atoms with Gasteiger partial charge in [-0.2, -0.15) is 13.2 Å². The number of aromatic nitrogens is 1. The van der Waals surface area contributed by atoms with Gasteiger partial charge >= 0.3 is 6.18 Å². The normalized spacial score (nSPS) is 32.2. The van der Waals surface area contributed by atoms with E-state index in [2.05, 4.69) is 9.98 Å². The summed E-state index contributed by atoms with van der Waals surface area (Å²) < 4.78 is 38.4. The summed E-state index contributed by atoms with van der Waals surface area (Å²) in [6, 6.07) is 2.61. The first-order chi connectivity index (χ1) is 10.2. The van der Waals surface area contributed by atoms with Gasteiger partial charge in [-0.3, -0.25) is 4.98 Å². The molecule has 2 aliphatic carbocycles. The summed E-state index contributed by atoms with van der Waals surface area (Å²) in [7, 11) is 0. The van der Waals surface area contributed by atoms with Crippen LogP contribution in [0.2, 0.25) is 0 Å². The van der Waals surface area contributed by atoms with Crippen molar-refractivity contribution >= 4 is 17.3 Å². The molecule has 6 heteroatoms. The van der Waals surface area contributed by atoms with E-state index in [0.29, 0.717) is 16.8 Å². The number of rotatable bonds is 1.